The normalized spacial score (nSPS) is 15.3. The summed E-state index contributed by atoms with van der Waals surface area (Å²) in [5.41, 5.74) is 0. The molecule has 8 heteroatoms. The minimum atomic E-state index is -4.32. The van der Waals surface area contributed by atoms with Gasteiger partial charge in [-0.05, 0) is 12.8 Å². The molecular formula is C10H16F3N3O2. The van der Waals surface area contributed by atoms with Gasteiger partial charge in [-0.15, -0.1) is 0 Å². The molecule has 0 aromatic heterocycles. The Morgan fingerprint density at radius 1 is 1.11 bits per heavy atom. The Hall–Kier alpha value is -1.31. The number of rotatable bonds is 7. The van der Waals surface area contributed by atoms with Gasteiger partial charge in [-0.2, -0.15) is 13.2 Å². The summed E-state index contributed by atoms with van der Waals surface area (Å²) in [5.74, 6) is -0.450. The molecule has 1 rings (SSSR count). The molecule has 0 aliphatic heterocycles. The van der Waals surface area contributed by atoms with Crippen LogP contribution in [-0.4, -0.2) is 44.2 Å². The molecule has 0 atom stereocenters. The van der Waals surface area contributed by atoms with E-state index in [0.29, 0.717) is 6.54 Å². The van der Waals surface area contributed by atoms with E-state index in [9.17, 15) is 22.8 Å². The highest BCUT2D eigenvalue weighted by Gasteiger charge is 2.29. The molecule has 1 fully saturated rings. The van der Waals surface area contributed by atoms with Crippen molar-refractivity contribution in [2.75, 3.05) is 26.2 Å². The Morgan fingerprint density at radius 3 is 2.28 bits per heavy atom. The van der Waals surface area contributed by atoms with Crippen molar-refractivity contribution >= 4 is 11.8 Å². The zero-order valence-corrected chi connectivity index (χ0v) is 9.77. The van der Waals surface area contributed by atoms with Crippen molar-refractivity contribution in [2.24, 2.45) is 5.92 Å². The molecule has 0 unspecified atom stereocenters. The van der Waals surface area contributed by atoms with E-state index in [1.807, 2.05) is 5.32 Å². The molecule has 0 spiro atoms. The Kier molecular flexibility index (Phi) is 5.39. The molecule has 0 saturated heterocycles. The van der Waals surface area contributed by atoms with Crippen molar-refractivity contribution in [3.05, 3.63) is 0 Å². The Bertz CT molecular complexity index is 303. The molecule has 5 nitrogen and oxygen atoms in total. The van der Waals surface area contributed by atoms with Crippen molar-refractivity contribution < 1.29 is 22.8 Å². The maximum Gasteiger partial charge on any atom is 0.401 e. The van der Waals surface area contributed by atoms with Crippen LogP contribution in [0.15, 0.2) is 0 Å². The summed E-state index contributed by atoms with van der Waals surface area (Å²) < 4.78 is 35.2. The van der Waals surface area contributed by atoms with Crippen LogP contribution in [0.3, 0.4) is 0 Å². The van der Waals surface area contributed by atoms with Crippen LogP contribution in [0.4, 0.5) is 13.2 Å². The average Bonchev–Trinajstić information content (AvgIpc) is 3.05. The minimum Gasteiger partial charge on any atom is -0.354 e. The third-order valence-electron chi connectivity index (χ3n) is 2.31. The molecular weight excluding hydrogens is 251 g/mol. The van der Waals surface area contributed by atoms with E-state index >= 15 is 0 Å². The lowest BCUT2D eigenvalue weighted by molar-refractivity contribution is -0.128. The zero-order valence-electron chi connectivity index (χ0n) is 9.77. The van der Waals surface area contributed by atoms with Crippen LogP contribution >= 0.6 is 0 Å². The van der Waals surface area contributed by atoms with Crippen LogP contribution < -0.4 is 16.0 Å². The standard InChI is InChI=1S/C10H16F3N3O2/c11-10(12,13)6-14-5-8(17)15-3-4-16-9(18)7-1-2-7/h7,14H,1-6H2,(H,15,17)(H,16,18). The number of nitrogens with one attached hydrogen (secondary N) is 3. The Morgan fingerprint density at radius 2 is 1.72 bits per heavy atom. The monoisotopic (exact) mass is 267 g/mol. The molecule has 0 aromatic carbocycles. The molecule has 2 amide bonds. The fourth-order valence-electron chi connectivity index (χ4n) is 1.26. The van der Waals surface area contributed by atoms with Crippen molar-refractivity contribution in [1.82, 2.24) is 16.0 Å². The van der Waals surface area contributed by atoms with Gasteiger partial charge in [0.05, 0.1) is 13.1 Å². The van der Waals surface area contributed by atoms with Crippen molar-refractivity contribution in [3.8, 4) is 0 Å². The number of amides is 2. The van der Waals surface area contributed by atoms with Crippen molar-refractivity contribution in [3.63, 3.8) is 0 Å². The van der Waals surface area contributed by atoms with E-state index in [-0.39, 0.29) is 18.4 Å². The fraction of sp³-hybridized carbons (Fsp3) is 0.800. The Balaban J connectivity index is 1.94. The summed E-state index contributed by atoms with van der Waals surface area (Å²) in [6.45, 7) is -1.08. The van der Waals surface area contributed by atoms with Gasteiger partial charge in [-0.1, -0.05) is 0 Å². The van der Waals surface area contributed by atoms with Crippen LogP contribution in [0.25, 0.3) is 0 Å². The summed E-state index contributed by atoms with van der Waals surface area (Å²) in [6, 6.07) is 0. The SMILES string of the molecule is O=C(CNCC(F)(F)F)NCCNC(=O)C1CC1. The van der Waals surface area contributed by atoms with E-state index in [1.54, 1.807) is 0 Å². The Labute approximate surface area is 102 Å². The molecule has 104 valence electrons. The summed E-state index contributed by atoms with van der Waals surface area (Å²) in [4.78, 5) is 22.2. The van der Waals surface area contributed by atoms with Gasteiger partial charge < -0.3 is 16.0 Å². The molecule has 3 N–H and O–H groups in total. The molecule has 0 radical (unpaired) electrons. The molecule has 18 heavy (non-hydrogen) atoms. The predicted octanol–water partition coefficient (Wildman–Crippen LogP) is -0.219. The van der Waals surface area contributed by atoms with Crippen LogP contribution in [-0.2, 0) is 9.59 Å². The number of halogens is 3. The molecule has 0 heterocycles. The van der Waals surface area contributed by atoms with E-state index in [4.69, 9.17) is 0 Å². The topological polar surface area (TPSA) is 70.2 Å². The molecule has 1 aliphatic rings. The second kappa shape index (κ2) is 6.58. The number of carbonyl (C=O) groups is 2. The van der Waals surface area contributed by atoms with Gasteiger partial charge in [0, 0.05) is 19.0 Å². The summed E-state index contributed by atoms with van der Waals surface area (Å²) in [5, 5.41) is 7.00. The predicted molar refractivity (Wildman–Crippen MR) is 57.7 cm³/mol. The molecule has 0 bridgehead atoms. The first-order valence-corrected chi connectivity index (χ1v) is 5.70. The van der Waals surface area contributed by atoms with Crippen LogP contribution in [0.2, 0.25) is 0 Å². The first-order chi connectivity index (χ1) is 8.38. The van der Waals surface area contributed by atoms with Gasteiger partial charge >= 0.3 is 6.18 Å². The third-order valence-corrected chi connectivity index (χ3v) is 2.31. The van der Waals surface area contributed by atoms with Crippen LogP contribution in [0, 0.1) is 5.92 Å². The molecule has 0 aromatic rings. The van der Waals surface area contributed by atoms with Gasteiger partial charge in [0.25, 0.3) is 0 Å². The van der Waals surface area contributed by atoms with Gasteiger partial charge in [-0.25, -0.2) is 0 Å². The largest absolute Gasteiger partial charge is 0.401 e. The first-order valence-electron chi connectivity index (χ1n) is 5.70. The van der Waals surface area contributed by atoms with Gasteiger partial charge in [0.1, 0.15) is 0 Å². The smallest absolute Gasteiger partial charge is 0.354 e. The highest BCUT2D eigenvalue weighted by Crippen LogP contribution is 2.28. The highest BCUT2D eigenvalue weighted by atomic mass is 19.4. The number of alkyl halides is 3. The summed E-state index contributed by atoms with van der Waals surface area (Å²) >= 11 is 0. The summed E-state index contributed by atoms with van der Waals surface area (Å²) in [6.07, 6.45) is -2.52. The maximum absolute atomic E-state index is 11.7. The van der Waals surface area contributed by atoms with Crippen molar-refractivity contribution in [2.45, 2.75) is 19.0 Å². The van der Waals surface area contributed by atoms with Crippen molar-refractivity contribution in [1.29, 1.82) is 0 Å². The lowest BCUT2D eigenvalue weighted by atomic mass is 10.4. The van der Waals surface area contributed by atoms with Crippen LogP contribution in [0.1, 0.15) is 12.8 Å². The fourth-order valence-corrected chi connectivity index (χ4v) is 1.26. The quantitative estimate of drug-likeness (QED) is 0.559. The second-order valence-corrected chi connectivity index (χ2v) is 4.13. The van der Waals surface area contributed by atoms with Gasteiger partial charge in [0.2, 0.25) is 11.8 Å². The van der Waals surface area contributed by atoms with Crippen LogP contribution in [0.5, 0.6) is 0 Å². The van der Waals surface area contributed by atoms with E-state index in [2.05, 4.69) is 10.6 Å². The lowest BCUT2D eigenvalue weighted by Crippen LogP contribution is -2.41. The van der Waals surface area contributed by atoms with E-state index in [1.165, 1.54) is 0 Å². The maximum atomic E-state index is 11.7. The molecule has 1 saturated carbocycles. The van der Waals surface area contributed by atoms with E-state index in [0.717, 1.165) is 12.8 Å². The molecule has 1 aliphatic carbocycles. The van der Waals surface area contributed by atoms with E-state index < -0.39 is 25.2 Å². The zero-order chi connectivity index (χ0) is 13.6. The summed E-state index contributed by atoms with van der Waals surface area (Å²) in [7, 11) is 0. The minimum absolute atomic E-state index is 0.0283. The number of carbonyl (C=O) groups excluding carboxylic acids is 2. The highest BCUT2D eigenvalue weighted by molar-refractivity contribution is 5.81. The number of hydrogen-bond donors (Lipinski definition) is 3. The number of hydrogen-bond acceptors (Lipinski definition) is 3. The second-order valence-electron chi connectivity index (χ2n) is 4.13. The average molecular weight is 267 g/mol. The van der Waals surface area contributed by atoms with Gasteiger partial charge in [-0.3, -0.25) is 9.59 Å². The third kappa shape index (κ3) is 7.10. The van der Waals surface area contributed by atoms with Gasteiger partial charge in [0.15, 0.2) is 0 Å². The first kappa shape index (κ1) is 14.7. The lowest BCUT2D eigenvalue weighted by Gasteiger charge is -2.09.